The van der Waals surface area contributed by atoms with Gasteiger partial charge in [0.15, 0.2) is 16.7 Å². The molecule has 0 saturated carbocycles. The van der Waals surface area contributed by atoms with Crippen molar-refractivity contribution in [1.82, 2.24) is 9.55 Å². The number of amides is 1. The molecule has 0 spiro atoms. The van der Waals surface area contributed by atoms with Crippen LogP contribution in [0.1, 0.15) is 18.1 Å². The molecule has 1 aliphatic rings. The van der Waals surface area contributed by atoms with Crippen molar-refractivity contribution in [2.45, 2.75) is 31.2 Å². The molecule has 2 aromatic carbocycles. The van der Waals surface area contributed by atoms with Gasteiger partial charge >= 0.3 is 0 Å². The van der Waals surface area contributed by atoms with Crippen LogP contribution in [0.25, 0.3) is 5.69 Å². The number of ether oxygens (including phenoxy) is 2. The summed E-state index contributed by atoms with van der Waals surface area (Å²) in [6.45, 7) is 6.26. The maximum Gasteiger partial charge on any atom is 0.237 e. The average Bonchev–Trinajstić information content (AvgIpc) is 3.33. The van der Waals surface area contributed by atoms with Gasteiger partial charge in [-0.05, 0) is 50.1 Å². The van der Waals surface area contributed by atoms with Gasteiger partial charge in [0.2, 0.25) is 12.7 Å². The molecule has 0 saturated heterocycles. The molecule has 1 aliphatic heterocycles. The number of aryl methyl sites for hydroxylation is 1. The van der Waals surface area contributed by atoms with Gasteiger partial charge in [-0.25, -0.2) is 4.98 Å². The molecule has 2 heterocycles. The number of nitrogens with one attached hydrogen (secondary N) is 1. The third-order valence-electron chi connectivity index (χ3n) is 4.73. The third-order valence-corrected chi connectivity index (χ3v) is 5.81. The van der Waals surface area contributed by atoms with Crippen LogP contribution in [0.2, 0.25) is 0 Å². The van der Waals surface area contributed by atoms with E-state index < -0.39 is 0 Å². The van der Waals surface area contributed by atoms with Crippen molar-refractivity contribution < 1.29 is 14.3 Å². The number of hydrogen-bond donors (Lipinski definition) is 1. The highest BCUT2D eigenvalue weighted by molar-refractivity contribution is 8.00. The van der Waals surface area contributed by atoms with E-state index in [-0.39, 0.29) is 18.0 Å². The lowest BCUT2D eigenvalue weighted by Crippen LogP contribution is -2.22. The fraction of sp³-hybridized carbons (Fsp3) is 0.238. The molecule has 1 aromatic heterocycles. The van der Waals surface area contributed by atoms with E-state index in [1.807, 2.05) is 23.8 Å². The van der Waals surface area contributed by atoms with Crippen LogP contribution < -0.4 is 14.8 Å². The van der Waals surface area contributed by atoms with Gasteiger partial charge in [-0.3, -0.25) is 9.36 Å². The van der Waals surface area contributed by atoms with Crippen molar-refractivity contribution >= 4 is 23.4 Å². The summed E-state index contributed by atoms with van der Waals surface area (Å²) in [6, 6.07) is 11.6. The van der Waals surface area contributed by atoms with Crippen LogP contribution in [-0.2, 0) is 4.79 Å². The van der Waals surface area contributed by atoms with E-state index in [4.69, 9.17) is 9.47 Å². The summed E-state index contributed by atoms with van der Waals surface area (Å²) < 4.78 is 12.7. The minimum atomic E-state index is -0.323. The number of anilines is 1. The second kappa shape index (κ2) is 7.59. The highest BCUT2D eigenvalue weighted by atomic mass is 32.2. The van der Waals surface area contributed by atoms with Crippen molar-refractivity contribution in [2.24, 2.45) is 0 Å². The fourth-order valence-corrected chi connectivity index (χ4v) is 3.86. The number of imidazole rings is 1. The SMILES string of the molecule is Cc1cccc(-n2ccnc2SC(C)C(=O)Nc2ccc3c(c2)OCO3)c1C. The smallest absolute Gasteiger partial charge is 0.237 e. The highest BCUT2D eigenvalue weighted by Crippen LogP contribution is 2.34. The Hall–Kier alpha value is -2.93. The Bertz CT molecular complexity index is 1030. The maximum absolute atomic E-state index is 12.7. The minimum Gasteiger partial charge on any atom is -0.454 e. The molecular weight excluding hydrogens is 374 g/mol. The normalized spacial score (nSPS) is 13.4. The van der Waals surface area contributed by atoms with Crippen LogP contribution in [0.3, 0.4) is 0 Å². The van der Waals surface area contributed by atoms with Gasteiger partial charge in [0.1, 0.15) is 0 Å². The van der Waals surface area contributed by atoms with E-state index in [2.05, 4.69) is 36.3 Å². The number of fused-ring (bicyclic) bond motifs is 1. The number of hydrogen-bond acceptors (Lipinski definition) is 5. The summed E-state index contributed by atoms with van der Waals surface area (Å²) in [6.07, 6.45) is 3.68. The largest absolute Gasteiger partial charge is 0.454 e. The summed E-state index contributed by atoms with van der Waals surface area (Å²) >= 11 is 1.42. The van der Waals surface area contributed by atoms with Crippen LogP contribution in [0.15, 0.2) is 53.9 Å². The molecule has 0 fully saturated rings. The number of carbonyl (C=O) groups excluding carboxylic acids is 1. The van der Waals surface area contributed by atoms with Crippen LogP contribution in [-0.4, -0.2) is 27.5 Å². The number of nitrogens with zero attached hydrogens (tertiary/aromatic N) is 2. The first-order valence-corrected chi connectivity index (χ1v) is 9.88. The lowest BCUT2D eigenvalue weighted by atomic mass is 10.1. The number of aromatic nitrogens is 2. The summed E-state index contributed by atoms with van der Waals surface area (Å²) in [5.74, 6) is 1.24. The van der Waals surface area contributed by atoms with Crippen LogP contribution in [0.4, 0.5) is 5.69 Å². The molecule has 3 aromatic rings. The Balaban J connectivity index is 1.48. The summed E-state index contributed by atoms with van der Waals surface area (Å²) in [7, 11) is 0. The fourth-order valence-electron chi connectivity index (χ4n) is 2.99. The summed E-state index contributed by atoms with van der Waals surface area (Å²) in [5, 5.41) is 3.39. The standard InChI is InChI=1S/C21H21N3O3S/c1-13-5-4-6-17(14(13)2)24-10-9-22-21(24)28-15(3)20(25)23-16-7-8-18-19(11-16)27-12-26-18/h4-11,15H,12H2,1-3H3,(H,23,25). The van der Waals surface area contributed by atoms with Gasteiger partial charge < -0.3 is 14.8 Å². The first-order valence-electron chi connectivity index (χ1n) is 9.00. The second-order valence-electron chi connectivity index (χ2n) is 6.62. The molecule has 0 bridgehead atoms. The second-order valence-corrected chi connectivity index (χ2v) is 7.92. The van der Waals surface area contributed by atoms with Crippen molar-refractivity contribution in [2.75, 3.05) is 12.1 Å². The zero-order valence-electron chi connectivity index (χ0n) is 15.9. The Morgan fingerprint density at radius 3 is 2.89 bits per heavy atom. The van der Waals surface area contributed by atoms with E-state index >= 15 is 0 Å². The van der Waals surface area contributed by atoms with Gasteiger partial charge in [0, 0.05) is 24.1 Å². The van der Waals surface area contributed by atoms with Gasteiger partial charge in [-0.1, -0.05) is 23.9 Å². The van der Waals surface area contributed by atoms with Crippen molar-refractivity contribution in [1.29, 1.82) is 0 Å². The molecule has 6 nitrogen and oxygen atoms in total. The molecule has 1 atom stereocenters. The molecule has 4 rings (SSSR count). The first-order chi connectivity index (χ1) is 13.5. The van der Waals surface area contributed by atoms with Crippen molar-refractivity contribution in [3.8, 4) is 17.2 Å². The molecule has 0 radical (unpaired) electrons. The molecule has 1 unspecified atom stereocenters. The molecule has 28 heavy (non-hydrogen) atoms. The number of carbonyl (C=O) groups is 1. The topological polar surface area (TPSA) is 65.4 Å². The summed E-state index contributed by atoms with van der Waals surface area (Å²) in [4.78, 5) is 17.1. The van der Waals surface area contributed by atoms with E-state index in [1.165, 1.54) is 22.9 Å². The maximum atomic E-state index is 12.7. The van der Waals surface area contributed by atoms with Gasteiger partial charge in [0.05, 0.1) is 10.9 Å². The van der Waals surface area contributed by atoms with Gasteiger partial charge in [-0.2, -0.15) is 0 Å². The predicted molar refractivity (Wildman–Crippen MR) is 110 cm³/mol. The average molecular weight is 395 g/mol. The first kappa shape index (κ1) is 18.4. The Kier molecular flexibility index (Phi) is 5.00. The Morgan fingerprint density at radius 2 is 2.04 bits per heavy atom. The molecule has 0 aliphatic carbocycles. The monoisotopic (exact) mass is 395 g/mol. The van der Waals surface area contributed by atoms with Crippen LogP contribution >= 0.6 is 11.8 Å². The number of thioether (sulfide) groups is 1. The van der Waals surface area contributed by atoms with Crippen LogP contribution in [0.5, 0.6) is 11.5 Å². The lowest BCUT2D eigenvalue weighted by molar-refractivity contribution is -0.115. The quantitative estimate of drug-likeness (QED) is 0.651. The predicted octanol–water partition coefficient (Wildman–Crippen LogP) is 4.34. The number of rotatable bonds is 5. The molecule has 1 amide bonds. The highest BCUT2D eigenvalue weighted by Gasteiger charge is 2.20. The van der Waals surface area contributed by atoms with E-state index in [0.29, 0.717) is 17.2 Å². The van der Waals surface area contributed by atoms with Crippen molar-refractivity contribution in [3.05, 3.63) is 59.9 Å². The van der Waals surface area contributed by atoms with Crippen LogP contribution in [0, 0.1) is 13.8 Å². The van der Waals surface area contributed by atoms with Gasteiger partial charge in [-0.15, -0.1) is 0 Å². The molecule has 144 valence electrons. The molecule has 7 heteroatoms. The van der Waals surface area contributed by atoms with E-state index in [9.17, 15) is 4.79 Å². The van der Waals surface area contributed by atoms with E-state index in [0.717, 1.165) is 10.8 Å². The van der Waals surface area contributed by atoms with E-state index in [1.54, 1.807) is 24.4 Å². The zero-order valence-corrected chi connectivity index (χ0v) is 16.7. The van der Waals surface area contributed by atoms with Gasteiger partial charge in [0.25, 0.3) is 0 Å². The summed E-state index contributed by atoms with van der Waals surface area (Å²) in [5.41, 5.74) is 4.17. The Labute approximate surface area is 167 Å². The molecule has 1 N–H and O–H groups in total. The lowest BCUT2D eigenvalue weighted by Gasteiger charge is -2.15. The number of benzene rings is 2. The zero-order chi connectivity index (χ0) is 19.7. The molecular formula is C21H21N3O3S. The third kappa shape index (κ3) is 3.57. The Morgan fingerprint density at radius 1 is 1.21 bits per heavy atom. The van der Waals surface area contributed by atoms with Crippen molar-refractivity contribution in [3.63, 3.8) is 0 Å². The minimum absolute atomic E-state index is 0.0978.